The summed E-state index contributed by atoms with van der Waals surface area (Å²) >= 11 is 0. The summed E-state index contributed by atoms with van der Waals surface area (Å²) < 4.78 is 5.50. The Morgan fingerprint density at radius 1 is 0.354 bits per heavy atom. The number of aliphatic hydroxyl groups excluding tert-OH is 2. The molecule has 0 fully saturated rings. The number of ether oxygens (including phenoxy) is 1. The minimum atomic E-state index is -0.841. The number of aliphatic hydroxyl groups is 2. The van der Waals surface area contributed by atoms with E-state index in [1.54, 1.807) is 6.08 Å². The van der Waals surface area contributed by atoms with Gasteiger partial charge in [-0.25, -0.2) is 0 Å². The van der Waals surface area contributed by atoms with E-state index in [0.717, 1.165) is 51.4 Å². The second kappa shape index (κ2) is 68.3. The number of allylic oxidation sites excluding steroid dienone is 7. The Balaban J connectivity index is 3.34. The first-order valence-corrected chi connectivity index (χ1v) is 35.4. The summed E-state index contributed by atoms with van der Waals surface area (Å²) in [4.78, 5) is 24.5. The molecular formula is C73H137NO5. The van der Waals surface area contributed by atoms with E-state index in [4.69, 9.17) is 4.74 Å². The van der Waals surface area contributed by atoms with E-state index in [0.29, 0.717) is 19.4 Å². The highest BCUT2D eigenvalue weighted by Crippen LogP contribution is 2.18. The number of hydrogen-bond donors (Lipinski definition) is 3. The number of carbonyl (C=O) groups is 2. The van der Waals surface area contributed by atoms with Gasteiger partial charge in [0.2, 0.25) is 5.91 Å². The smallest absolute Gasteiger partial charge is 0.305 e. The van der Waals surface area contributed by atoms with Gasteiger partial charge >= 0.3 is 5.97 Å². The maximum atomic E-state index is 12.4. The van der Waals surface area contributed by atoms with Gasteiger partial charge in [-0.2, -0.15) is 0 Å². The Morgan fingerprint density at radius 3 is 0.987 bits per heavy atom. The average Bonchev–Trinajstić information content (AvgIpc) is 3.45. The first kappa shape index (κ1) is 76.8. The molecule has 0 spiro atoms. The molecule has 0 aromatic rings. The van der Waals surface area contributed by atoms with Crippen molar-refractivity contribution in [3.63, 3.8) is 0 Å². The number of nitrogens with one attached hydrogen (secondary N) is 1. The van der Waals surface area contributed by atoms with E-state index in [1.807, 2.05) is 6.08 Å². The van der Waals surface area contributed by atoms with E-state index < -0.39 is 12.1 Å². The second-order valence-electron chi connectivity index (χ2n) is 24.2. The highest BCUT2D eigenvalue weighted by atomic mass is 16.5. The monoisotopic (exact) mass is 1110 g/mol. The maximum Gasteiger partial charge on any atom is 0.305 e. The minimum absolute atomic E-state index is 0.0111. The number of rotatable bonds is 66. The fraction of sp³-hybridized carbons (Fsp3) is 0.863. The normalized spacial score (nSPS) is 12.8. The van der Waals surface area contributed by atoms with E-state index >= 15 is 0 Å². The summed E-state index contributed by atoms with van der Waals surface area (Å²) in [5.74, 6) is -0.0541. The van der Waals surface area contributed by atoms with Crippen LogP contribution in [0.15, 0.2) is 48.6 Å². The van der Waals surface area contributed by atoms with Gasteiger partial charge in [0.05, 0.1) is 25.4 Å². The number of amides is 1. The standard InChI is InChI=1S/C73H137NO5/c1-3-5-7-9-11-13-15-16-17-18-37-40-43-47-51-55-59-63-67-73(78)79-68-64-60-56-52-48-44-41-38-35-33-31-29-27-25-23-21-19-20-22-24-26-28-30-32-34-36-39-42-46-50-54-58-62-66-72(77)74-70(69-75)71(76)65-61-57-53-49-45-14-12-10-8-6-4-2/h13,15,17-18,23,25,61,65,70-71,75-76H,3-12,14,16,19-22,24,26-60,62-64,66-69H2,1-2H3,(H,74,77)/b15-13-,18-17-,25-23-,65-61+. The van der Waals surface area contributed by atoms with Crippen molar-refractivity contribution in [2.24, 2.45) is 0 Å². The van der Waals surface area contributed by atoms with Crippen molar-refractivity contribution in [2.75, 3.05) is 13.2 Å². The first-order valence-electron chi connectivity index (χ1n) is 35.4. The van der Waals surface area contributed by atoms with Crippen LogP contribution in [0.1, 0.15) is 380 Å². The summed E-state index contributed by atoms with van der Waals surface area (Å²) in [6.07, 6.45) is 89.2. The zero-order chi connectivity index (χ0) is 57.1. The van der Waals surface area contributed by atoms with Crippen LogP contribution in [0.25, 0.3) is 0 Å². The molecule has 1 amide bonds. The number of hydrogen-bond acceptors (Lipinski definition) is 5. The van der Waals surface area contributed by atoms with Gasteiger partial charge in [-0.05, 0) is 89.9 Å². The lowest BCUT2D eigenvalue weighted by Gasteiger charge is -2.20. The first-order chi connectivity index (χ1) is 39.0. The molecule has 2 unspecified atom stereocenters. The molecule has 2 atom stereocenters. The molecule has 0 saturated carbocycles. The summed E-state index contributed by atoms with van der Waals surface area (Å²) in [5, 5.41) is 23.1. The summed E-state index contributed by atoms with van der Waals surface area (Å²) in [5.41, 5.74) is 0. The van der Waals surface area contributed by atoms with Crippen molar-refractivity contribution in [3.8, 4) is 0 Å². The number of carbonyl (C=O) groups excluding carboxylic acids is 2. The van der Waals surface area contributed by atoms with Crippen LogP contribution in [0.2, 0.25) is 0 Å². The van der Waals surface area contributed by atoms with Gasteiger partial charge in [0.25, 0.3) is 0 Å². The highest BCUT2D eigenvalue weighted by molar-refractivity contribution is 5.76. The molecule has 0 aliphatic heterocycles. The van der Waals surface area contributed by atoms with Crippen molar-refractivity contribution in [2.45, 2.75) is 392 Å². The summed E-state index contributed by atoms with van der Waals surface area (Å²) in [7, 11) is 0. The molecule has 0 bridgehead atoms. The summed E-state index contributed by atoms with van der Waals surface area (Å²) in [6, 6.07) is -0.624. The van der Waals surface area contributed by atoms with E-state index in [9.17, 15) is 19.8 Å². The minimum Gasteiger partial charge on any atom is -0.466 e. The van der Waals surface area contributed by atoms with Crippen LogP contribution in [0.5, 0.6) is 0 Å². The lowest BCUT2D eigenvalue weighted by Crippen LogP contribution is -2.45. The van der Waals surface area contributed by atoms with Crippen LogP contribution in [0, 0.1) is 0 Å². The third kappa shape index (κ3) is 64.8. The SMILES string of the molecule is CCCCCC/C=C\C/C=C\CCCCCCCCCC(=O)OCCCCCCCCCCCCCC/C=C\CCCCCCCCCCCCCCCCCCCC(=O)NC(CO)C(O)/C=C/CCCCCCCCCCC. The molecule has 0 heterocycles. The van der Waals surface area contributed by atoms with Crippen LogP contribution in [0.4, 0.5) is 0 Å². The van der Waals surface area contributed by atoms with Crippen molar-refractivity contribution in [1.82, 2.24) is 5.32 Å². The van der Waals surface area contributed by atoms with Crippen LogP contribution in [-0.2, 0) is 14.3 Å². The largest absolute Gasteiger partial charge is 0.466 e. The van der Waals surface area contributed by atoms with Crippen LogP contribution in [0.3, 0.4) is 0 Å². The number of esters is 1. The highest BCUT2D eigenvalue weighted by Gasteiger charge is 2.18. The Kier molecular flexibility index (Phi) is 66.4. The Hall–Kier alpha value is -2.18. The molecule has 6 nitrogen and oxygen atoms in total. The number of unbranched alkanes of at least 4 members (excludes halogenated alkanes) is 49. The predicted molar refractivity (Wildman–Crippen MR) is 347 cm³/mol. The van der Waals surface area contributed by atoms with Crippen molar-refractivity contribution in [1.29, 1.82) is 0 Å². The van der Waals surface area contributed by atoms with Gasteiger partial charge in [0, 0.05) is 12.8 Å². The van der Waals surface area contributed by atoms with Gasteiger partial charge < -0.3 is 20.3 Å². The van der Waals surface area contributed by atoms with Crippen molar-refractivity contribution < 1.29 is 24.5 Å². The zero-order valence-electron chi connectivity index (χ0n) is 53.1. The molecule has 0 aromatic heterocycles. The van der Waals surface area contributed by atoms with Crippen molar-refractivity contribution >= 4 is 11.9 Å². The second-order valence-corrected chi connectivity index (χ2v) is 24.2. The molecule has 3 N–H and O–H groups in total. The van der Waals surface area contributed by atoms with Crippen LogP contribution >= 0.6 is 0 Å². The van der Waals surface area contributed by atoms with E-state index in [2.05, 4.69) is 55.6 Å². The zero-order valence-corrected chi connectivity index (χ0v) is 53.1. The molecule has 464 valence electrons. The fourth-order valence-electron chi connectivity index (χ4n) is 10.9. The van der Waals surface area contributed by atoms with Gasteiger partial charge in [0.15, 0.2) is 0 Å². The molecule has 0 radical (unpaired) electrons. The third-order valence-corrected chi connectivity index (χ3v) is 16.3. The molecule has 0 saturated heterocycles. The fourth-order valence-corrected chi connectivity index (χ4v) is 10.9. The average molecular weight is 1110 g/mol. The maximum absolute atomic E-state index is 12.4. The topological polar surface area (TPSA) is 95.9 Å². The Bertz CT molecular complexity index is 1320. The van der Waals surface area contributed by atoms with Gasteiger partial charge in [-0.3, -0.25) is 9.59 Å². The van der Waals surface area contributed by atoms with Crippen LogP contribution < -0.4 is 5.32 Å². The molecule has 79 heavy (non-hydrogen) atoms. The molecule has 0 rings (SSSR count). The molecule has 0 aliphatic rings. The Morgan fingerprint density at radius 2 is 0.633 bits per heavy atom. The molecule has 0 aromatic carbocycles. The lowest BCUT2D eigenvalue weighted by atomic mass is 10.0. The quantitative estimate of drug-likeness (QED) is 0.0320. The van der Waals surface area contributed by atoms with Crippen LogP contribution in [-0.4, -0.2) is 47.4 Å². The molecule has 0 aliphatic carbocycles. The van der Waals surface area contributed by atoms with Gasteiger partial charge in [-0.1, -0.05) is 326 Å². The van der Waals surface area contributed by atoms with E-state index in [1.165, 1.54) is 302 Å². The van der Waals surface area contributed by atoms with E-state index in [-0.39, 0.29) is 18.5 Å². The molecular weight excluding hydrogens is 971 g/mol. The summed E-state index contributed by atoms with van der Waals surface area (Å²) in [6.45, 7) is 4.89. The van der Waals surface area contributed by atoms with Gasteiger partial charge in [-0.15, -0.1) is 0 Å². The molecule has 6 heteroatoms. The Labute approximate surface area is 493 Å². The lowest BCUT2D eigenvalue weighted by molar-refractivity contribution is -0.143. The third-order valence-electron chi connectivity index (χ3n) is 16.3. The van der Waals surface area contributed by atoms with Gasteiger partial charge in [0.1, 0.15) is 0 Å². The predicted octanol–water partition coefficient (Wildman–Crippen LogP) is 22.9. The van der Waals surface area contributed by atoms with Crippen molar-refractivity contribution in [3.05, 3.63) is 48.6 Å².